The van der Waals surface area contributed by atoms with Gasteiger partial charge in [-0.3, -0.25) is 4.79 Å². The van der Waals surface area contributed by atoms with E-state index in [9.17, 15) is 4.79 Å². The average molecular weight is 401 g/mol. The molecule has 0 saturated carbocycles. The first-order valence-corrected chi connectivity index (χ1v) is 10.9. The van der Waals surface area contributed by atoms with Crippen molar-refractivity contribution in [2.45, 2.75) is 39.0 Å². The normalized spacial score (nSPS) is 19.5. The topological polar surface area (TPSA) is 58.1 Å². The predicted octanol–water partition coefficient (Wildman–Crippen LogP) is 4.41. The van der Waals surface area contributed by atoms with E-state index in [2.05, 4.69) is 22.5 Å². The summed E-state index contributed by atoms with van der Waals surface area (Å²) >= 11 is 0. The van der Waals surface area contributed by atoms with Crippen molar-refractivity contribution < 1.29 is 4.79 Å². The van der Waals surface area contributed by atoms with Crippen molar-refractivity contribution in [2.75, 3.05) is 25.5 Å². The van der Waals surface area contributed by atoms with Crippen molar-refractivity contribution in [1.82, 2.24) is 14.9 Å². The fraction of sp³-hybridized carbons (Fsp3) is 0.400. The van der Waals surface area contributed by atoms with E-state index in [1.165, 1.54) is 22.3 Å². The molecule has 5 rings (SSSR count). The second kappa shape index (κ2) is 7.38. The van der Waals surface area contributed by atoms with Gasteiger partial charge >= 0.3 is 0 Å². The molecule has 1 aliphatic heterocycles. The van der Waals surface area contributed by atoms with Crippen molar-refractivity contribution in [3.05, 3.63) is 70.6 Å². The minimum atomic E-state index is 0.0911. The number of amides is 1. The quantitative estimate of drug-likeness (QED) is 0.811. The number of carbonyl (C=O) groups is 1. The van der Waals surface area contributed by atoms with Crippen LogP contribution in [0.3, 0.4) is 0 Å². The lowest BCUT2D eigenvalue weighted by Crippen LogP contribution is -2.46. The maximum atomic E-state index is 13.0. The van der Waals surface area contributed by atoms with Crippen molar-refractivity contribution in [2.24, 2.45) is 5.41 Å². The highest BCUT2D eigenvalue weighted by Crippen LogP contribution is 2.52. The van der Waals surface area contributed by atoms with Gasteiger partial charge in [0.2, 0.25) is 5.95 Å². The molecule has 1 saturated heterocycles. The van der Waals surface area contributed by atoms with Crippen molar-refractivity contribution in [1.29, 1.82) is 0 Å². The number of nitrogens with one attached hydrogen (secondary N) is 1. The van der Waals surface area contributed by atoms with E-state index in [4.69, 9.17) is 4.98 Å². The summed E-state index contributed by atoms with van der Waals surface area (Å²) in [6.45, 7) is 3.64. The van der Waals surface area contributed by atoms with Gasteiger partial charge in [0.15, 0.2) is 0 Å². The van der Waals surface area contributed by atoms with Crippen molar-refractivity contribution >= 4 is 17.4 Å². The highest BCUT2D eigenvalue weighted by Gasteiger charge is 2.44. The van der Waals surface area contributed by atoms with Gasteiger partial charge in [0, 0.05) is 42.9 Å². The summed E-state index contributed by atoms with van der Waals surface area (Å²) in [7, 11) is 1.86. The number of likely N-dealkylation sites (tertiary alicyclic amines) is 1. The molecule has 0 bridgehead atoms. The fourth-order valence-corrected chi connectivity index (χ4v) is 5.21. The molecule has 5 heteroatoms. The Hall–Kier alpha value is -2.95. The van der Waals surface area contributed by atoms with Crippen LogP contribution in [0.25, 0.3) is 5.57 Å². The standard InChI is InChI=1S/C25H28N4O/c1-17-7-9-18(10-8-17)23(30)29-13-11-25(12-14-29)15-19-16-27-24(26-2)28-22(19)20-5-3-4-6-21(20)25/h5-10,16H,3-4,11-15H2,1-2H3,(H,26,27,28). The molecule has 0 unspecified atom stereocenters. The number of allylic oxidation sites excluding steroid dienone is 4. The van der Waals surface area contributed by atoms with Crippen molar-refractivity contribution in [3.63, 3.8) is 0 Å². The summed E-state index contributed by atoms with van der Waals surface area (Å²) < 4.78 is 0. The number of aryl methyl sites for hydroxylation is 1. The number of rotatable bonds is 2. The van der Waals surface area contributed by atoms with Crippen LogP contribution in [0, 0.1) is 12.3 Å². The number of hydrogen-bond acceptors (Lipinski definition) is 4. The van der Waals surface area contributed by atoms with Gasteiger partial charge in [0.1, 0.15) is 0 Å². The van der Waals surface area contributed by atoms with Gasteiger partial charge < -0.3 is 10.2 Å². The maximum absolute atomic E-state index is 13.0. The Balaban J connectivity index is 1.41. The number of anilines is 1. The molecule has 1 amide bonds. The molecule has 2 heterocycles. The largest absolute Gasteiger partial charge is 0.357 e. The van der Waals surface area contributed by atoms with Crippen LogP contribution in [0.15, 0.2) is 48.2 Å². The summed E-state index contributed by atoms with van der Waals surface area (Å²) in [5.41, 5.74) is 7.12. The van der Waals surface area contributed by atoms with Gasteiger partial charge in [-0.1, -0.05) is 29.8 Å². The second-order valence-electron chi connectivity index (χ2n) is 8.75. The lowest BCUT2D eigenvalue weighted by molar-refractivity contribution is 0.0630. The summed E-state index contributed by atoms with van der Waals surface area (Å²) in [4.78, 5) is 24.3. The van der Waals surface area contributed by atoms with E-state index in [0.717, 1.165) is 56.5 Å². The monoisotopic (exact) mass is 400 g/mol. The van der Waals surface area contributed by atoms with Gasteiger partial charge in [-0.25, -0.2) is 9.97 Å². The van der Waals surface area contributed by atoms with Crippen LogP contribution in [0.1, 0.15) is 52.9 Å². The minimum Gasteiger partial charge on any atom is -0.357 e. The molecule has 1 aromatic heterocycles. The Morgan fingerprint density at radius 3 is 2.57 bits per heavy atom. The summed E-state index contributed by atoms with van der Waals surface area (Å²) in [5, 5.41) is 3.07. The maximum Gasteiger partial charge on any atom is 0.253 e. The first-order valence-electron chi connectivity index (χ1n) is 10.9. The fourth-order valence-electron chi connectivity index (χ4n) is 5.21. The number of carbonyl (C=O) groups excluding carboxylic acids is 1. The van der Waals surface area contributed by atoms with Crippen LogP contribution in [-0.2, 0) is 6.42 Å². The Bertz CT molecular complexity index is 1040. The smallest absolute Gasteiger partial charge is 0.253 e. The number of piperidine rings is 1. The molecule has 0 atom stereocenters. The van der Waals surface area contributed by atoms with E-state index in [1.807, 2.05) is 49.3 Å². The van der Waals surface area contributed by atoms with E-state index >= 15 is 0 Å². The summed E-state index contributed by atoms with van der Waals surface area (Å²) in [6, 6.07) is 7.92. The Kier molecular flexibility index (Phi) is 4.69. The van der Waals surface area contributed by atoms with Gasteiger partial charge in [0.05, 0.1) is 5.69 Å². The zero-order valence-corrected chi connectivity index (χ0v) is 17.7. The summed E-state index contributed by atoms with van der Waals surface area (Å²) in [6.07, 6.45) is 11.9. The van der Waals surface area contributed by atoms with Crippen LogP contribution in [0.4, 0.5) is 5.95 Å². The third-order valence-electron chi connectivity index (χ3n) is 6.90. The SMILES string of the molecule is CNc1ncc2c(n1)C1=CCCC=C1C1(CCN(C(=O)c3ccc(C)cc3)CC1)C2. The molecule has 5 nitrogen and oxygen atoms in total. The molecule has 30 heavy (non-hydrogen) atoms. The Labute approximate surface area is 177 Å². The van der Waals surface area contributed by atoms with E-state index in [1.54, 1.807) is 0 Å². The van der Waals surface area contributed by atoms with Gasteiger partial charge in [-0.05, 0) is 62.3 Å². The number of hydrogen-bond donors (Lipinski definition) is 1. The number of aromatic nitrogens is 2. The molecule has 3 aliphatic rings. The first kappa shape index (κ1) is 19.0. The van der Waals surface area contributed by atoms with Crippen LogP contribution in [0.2, 0.25) is 0 Å². The lowest BCUT2D eigenvalue weighted by Gasteiger charge is -2.47. The number of nitrogens with zero attached hydrogens (tertiary/aromatic N) is 3. The van der Waals surface area contributed by atoms with Crippen LogP contribution in [-0.4, -0.2) is 40.9 Å². The zero-order valence-electron chi connectivity index (χ0n) is 17.7. The number of benzene rings is 1. The molecule has 0 radical (unpaired) electrons. The lowest BCUT2D eigenvalue weighted by atomic mass is 9.61. The molecule has 2 aliphatic carbocycles. The van der Waals surface area contributed by atoms with Crippen molar-refractivity contribution in [3.8, 4) is 0 Å². The highest BCUT2D eigenvalue weighted by atomic mass is 16.2. The second-order valence-corrected chi connectivity index (χ2v) is 8.75. The van der Waals surface area contributed by atoms with Crippen LogP contribution in [0.5, 0.6) is 0 Å². The van der Waals surface area contributed by atoms with E-state index in [-0.39, 0.29) is 11.3 Å². The van der Waals surface area contributed by atoms with Gasteiger partial charge in [-0.2, -0.15) is 0 Å². The molecule has 1 aromatic carbocycles. The Morgan fingerprint density at radius 1 is 1.10 bits per heavy atom. The Morgan fingerprint density at radius 2 is 1.83 bits per heavy atom. The molecule has 1 N–H and O–H groups in total. The highest BCUT2D eigenvalue weighted by molar-refractivity contribution is 5.94. The van der Waals surface area contributed by atoms with E-state index < -0.39 is 0 Å². The van der Waals surface area contributed by atoms with Gasteiger partial charge in [0.25, 0.3) is 5.91 Å². The molecule has 1 spiro atoms. The molecular weight excluding hydrogens is 372 g/mol. The van der Waals surface area contributed by atoms with E-state index in [0.29, 0.717) is 5.95 Å². The average Bonchev–Trinajstić information content (AvgIpc) is 2.80. The molecular formula is C25H28N4O. The third-order valence-corrected chi connectivity index (χ3v) is 6.90. The zero-order chi connectivity index (χ0) is 20.7. The molecule has 154 valence electrons. The summed E-state index contributed by atoms with van der Waals surface area (Å²) in [5.74, 6) is 0.825. The van der Waals surface area contributed by atoms with Crippen LogP contribution < -0.4 is 5.32 Å². The number of fused-ring (bicyclic) bond motifs is 4. The predicted molar refractivity (Wildman–Crippen MR) is 119 cm³/mol. The first-order chi connectivity index (χ1) is 14.6. The molecule has 2 aromatic rings. The third kappa shape index (κ3) is 3.13. The van der Waals surface area contributed by atoms with Crippen LogP contribution >= 0.6 is 0 Å². The van der Waals surface area contributed by atoms with Gasteiger partial charge in [-0.15, -0.1) is 0 Å². The molecule has 1 fully saturated rings. The minimum absolute atomic E-state index is 0.0911.